The van der Waals surface area contributed by atoms with Crippen LogP contribution >= 0.6 is 7.26 Å². The van der Waals surface area contributed by atoms with E-state index in [0.717, 1.165) is 11.1 Å². The zero-order chi connectivity index (χ0) is 25.3. The van der Waals surface area contributed by atoms with E-state index in [2.05, 4.69) is 97.1 Å². The van der Waals surface area contributed by atoms with E-state index in [1.54, 1.807) is 0 Å². The standard InChI is InChI=1S/C34H31NOP/c36-34(35(26-29-16-6-1-7-17-29)27-30-18-8-2-9-19-30)28-37(31-20-10-3-11-21-31,32-22-12-4-13-23-32)33-24-14-5-15-25-33/h1-25H,26-28H2/q+1. The van der Waals surface area contributed by atoms with Gasteiger partial charge in [0.05, 0.1) is 0 Å². The molecule has 0 heterocycles. The highest BCUT2D eigenvalue weighted by atomic mass is 31.2. The van der Waals surface area contributed by atoms with E-state index in [-0.39, 0.29) is 5.91 Å². The summed E-state index contributed by atoms with van der Waals surface area (Å²) in [5.74, 6) is 0.164. The van der Waals surface area contributed by atoms with Gasteiger partial charge in [0, 0.05) is 13.1 Å². The Morgan fingerprint density at radius 1 is 0.459 bits per heavy atom. The van der Waals surface area contributed by atoms with Crippen molar-refractivity contribution in [3.63, 3.8) is 0 Å². The molecule has 37 heavy (non-hydrogen) atoms. The quantitative estimate of drug-likeness (QED) is 0.220. The number of hydrogen-bond acceptors (Lipinski definition) is 1. The monoisotopic (exact) mass is 500 g/mol. The molecule has 182 valence electrons. The molecule has 0 aliphatic carbocycles. The van der Waals surface area contributed by atoms with Crippen molar-refractivity contribution < 1.29 is 4.79 Å². The third-order valence-electron chi connectivity index (χ3n) is 6.75. The number of carbonyl (C=O) groups is 1. The van der Waals surface area contributed by atoms with Gasteiger partial charge in [-0.2, -0.15) is 0 Å². The largest absolute Gasteiger partial charge is 0.331 e. The lowest BCUT2D eigenvalue weighted by Crippen LogP contribution is -2.41. The van der Waals surface area contributed by atoms with Gasteiger partial charge in [-0.15, -0.1) is 0 Å². The second-order valence-electron chi connectivity index (χ2n) is 9.20. The summed E-state index contributed by atoms with van der Waals surface area (Å²) in [5.41, 5.74) is 2.27. The lowest BCUT2D eigenvalue weighted by atomic mass is 10.1. The summed E-state index contributed by atoms with van der Waals surface area (Å²) in [6.45, 7) is 1.15. The molecule has 0 saturated heterocycles. The Kier molecular flexibility index (Phi) is 7.89. The van der Waals surface area contributed by atoms with Crippen LogP contribution in [-0.2, 0) is 17.9 Å². The first-order valence-electron chi connectivity index (χ1n) is 12.7. The maximum absolute atomic E-state index is 14.4. The van der Waals surface area contributed by atoms with Gasteiger partial charge in [0.15, 0.2) is 6.16 Å². The average Bonchev–Trinajstić information content (AvgIpc) is 2.98. The van der Waals surface area contributed by atoms with E-state index >= 15 is 0 Å². The molecule has 5 aromatic rings. The lowest BCUT2D eigenvalue weighted by Gasteiger charge is -2.30. The molecule has 0 saturated carbocycles. The summed E-state index contributed by atoms with van der Waals surface area (Å²) in [6, 6.07) is 52.4. The topological polar surface area (TPSA) is 20.3 Å². The normalized spacial score (nSPS) is 11.1. The Morgan fingerprint density at radius 2 is 0.757 bits per heavy atom. The van der Waals surface area contributed by atoms with Crippen molar-refractivity contribution in [1.82, 2.24) is 4.90 Å². The Bertz CT molecular complexity index is 1250. The number of carbonyl (C=O) groups excluding carboxylic acids is 1. The highest BCUT2D eigenvalue weighted by Crippen LogP contribution is 2.55. The Labute approximate surface area is 220 Å². The first-order chi connectivity index (χ1) is 18.3. The van der Waals surface area contributed by atoms with E-state index in [1.807, 2.05) is 59.5 Å². The zero-order valence-electron chi connectivity index (χ0n) is 20.9. The molecular weight excluding hydrogens is 469 g/mol. The molecule has 0 spiro atoms. The van der Waals surface area contributed by atoms with Gasteiger partial charge in [0.2, 0.25) is 0 Å². The molecule has 0 N–H and O–H groups in total. The van der Waals surface area contributed by atoms with Crippen LogP contribution in [0.25, 0.3) is 0 Å². The summed E-state index contributed by atoms with van der Waals surface area (Å²) in [5, 5.41) is 3.67. The Morgan fingerprint density at radius 3 is 1.08 bits per heavy atom. The maximum atomic E-state index is 14.4. The van der Waals surface area contributed by atoms with Gasteiger partial charge >= 0.3 is 0 Å². The van der Waals surface area contributed by atoms with Gasteiger partial charge in [0.1, 0.15) is 23.2 Å². The highest BCUT2D eigenvalue weighted by molar-refractivity contribution is 7.96. The second kappa shape index (κ2) is 11.8. The van der Waals surface area contributed by atoms with Crippen LogP contribution in [0.3, 0.4) is 0 Å². The first kappa shape index (κ1) is 24.7. The summed E-state index contributed by atoms with van der Waals surface area (Å²) >= 11 is 0. The van der Waals surface area contributed by atoms with Crippen molar-refractivity contribution in [2.24, 2.45) is 0 Å². The van der Waals surface area contributed by atoms with Crippen LogP contribution in [0.4, 0.5) is 0 Å². The molecule has 0 fully saturated rings. The molecule has 3 heteroatoms. The van der Waals surface area contributed by atoms with Crippen LogP contribution in [0.1, 0.15) is 11.1 Å². The number of amides is 1. The van der Waals surface area contributed by atoms with Gasteiger partial charge < -0.3 is 4.90 Å². The fourth-order valence-electron chi connectivity index (χ4n) is 4.91. The van der Waals surface area contributed by atoms with Gasteiger partial charge in [-0.1, -0.05) is 115 Å². The molecule has 5 rings (SSSR count). The molecule has 0 aliphatic rings. The fourth-order valence-corrected chi connectivity index (χ4v) is 9.00. The average molecular weight is 501 g/mol. The minimum Gasteiger partial charge on any atom is -0.331 e. The van der Waals surface area contributed by atoms with Gasteiger partial charge in [0.25, 0.3) is 5.91 Å². The second-order valence-corrected chi connectivity index (χ2v) is 12.7. The Hall–Kier alpha value is -4.00. The van der Waals surface area contributed by atoms with Crippen molar-refractivity contribution in [2.45, 2.75) is 13.1 Å². The van der Waals surface area contributed by atoms with Crippen molar-refractivity contribution >= 4 is 29.1 Å². The summed E-state index contributed by atoms with van der Waals surface area (Å²) in [7, 11) is -2.26. The minimum absolute atomic E-state index is 0.164. The van der Waals surface area contributed by atoms with Crippen molar-refractivity contribution in [1.29, 1.82) is 0 Å². The van der Waals surface area contributed by atoms with Crippen molar-refractivity contribution in [3.8, 4) is 0 Å². The maximum Gasteiger partial charge on any atom is 0.262 e. The number of nitrogens with zero attached hydrogens (tertiary/aromatic N) is 1. The van der Waals surface area contributed by atoms with Gasteiger partial charge in [-0.05, 0) is 47.5 Å². The molecule has 1 amide bonds. The lowest BCUT2D eigenvalue weighted by molar-refractivity contribution is -0.129. The van der Waals surface area contributed by atoms with E-state index in [1.165, 1.54) is 15.9 Å². The van der Waals surface area contributed by atoms with Crippen LogP contribution in [0.5, 0.6) is 0 Å². The third-order valence-corrected chi connectivity index (χ3v) is 11.0. The molecule has 0 aromatic heterocycles. The molecule has 0 aliphatic heterocycles. The van der Waals surface area contributed by atoms with E-state index in [4.69, 9.17) is 0 Å². The third kappa shape index (κ3) is 5.71. The Balaban J connectivity index is 1.61. The molecule has 0 atom stereocenters. The number of benzene rings is 5. The zero-order valence-corrected chi connectivity index (χ0v) is 21.8. The SMILES string of the molecule is O=C(C[P+](c1ccccc1)(c1ccccc1)c1ccccc1)N(Cc1ccccc1)Cc1ccccc1. The molecule has 0 radical (unpaired) electrons. The predicted octanol–water partition coefficient (Wildman–Crippen LogP) is 6.21. The fraction of sp³-hybridized carbons (Fsp3) is 0.0882. The first-order valence-corrected chi connectivity index (χ1v) is 14.6. The smallest absolute Gasteiger partial charge is 0.262 e. The molecule has 0 bridgehead atoms. The summed E-state index contributed by atoms with van der Waals surface area (Å²) in [4.78, 5) is 16.5. The predicted molar refractivity (Wildman–Crippen MR) is 157 cm³/mol. The molecule has 0 unspecified atom stereocenters. The van der Waals surface area contributed by atoms with Crippen LogP contribution in [0.15, 0.2) is 152 Å². The summed E-state index contributed by atoms with van der Waals surface area (Å²) in [6.07, 6.45) is 0.435. The van der Waals surface area contributed by atoms with Gasteiger partial charge in [-0.25, -0.2) is 0 Å². The molecule has 2 nitrogen and oxygen atoms in total. The van der Waals surface area contributed by atoms with Crippen LogP contribution < -0.4 is 15.9 Å². The number of hydrogen-bond donors (Lipinski definition) is 0. The van der Waals surface area contributed by atoms with Crippen LogP contribution in [0, 0.1) is 0 Å². The van der Waals surface area contributed by atoms with E-state index in [9.17, 15) is 4.79 Å². The number of rotatable bonds is 9. The molecular formula is C34H31NOP+. The van der Waals surface area contributed by atoms with Crippen molar-refractivity contribution in [3.05, 3.63) is 163 Å². The van der Waals surface area contributed by atoms with Crippen LogP contribution in [-0.4, -0.2) is 17.0 Å². The van der Waals surface area contributed by atoms with E-state index < -0.39 is 7.26 Å². The van der Waals surface area contributed by atoms with E-state index in [0.29, 0.717) is 19.3 Å². The molecule has 5 aromatic carbocycles. The summed E-state index contributed by atoms with van der Waals surface area (Å²) < 4.78 is 0. The van der Waals surface area contributed by atoms with Crippen LogP contribution in [0.2, 0.25) is 0 Å². The van der Waals surface area contributed by atoms with Crippen molar-refractivity contribution in [2.75, 3.05) is 6.16 Å². The minimum atomic E-state index is -2.26. The van der Waals surface area contributed by atoms with Gasteiger partial charge in [-0.3, -0.25) is 4.79 Å². The highest BCUT2D eigenvalue weighted by Gasteiger charge is 2.48.